The Balaban J connectivity index is 1.78. The first kappa shape index (κ1) is 15.2. The lowest BCUT2D eigenvalue weighted by molar-refractivity contribution is 0.139. The molecule has 0 fully saturated rings. The van der Waals surface area contributed by atoms with Crippen molar-refractivity contribution in [2.75, 3.05) is 13.6 Å². The Morgan fingerprint density at radius 1 is 1.15 bits per heavy atom. The Bertz CT molecular complexity index is 483. The molecule has 2 nitrogen and oxygen atoms in total. The van der Waals surface area contributed by atoms with E-state index in [1.807, 2.05) is 41.7 Å². The molecule has 1 aromatic carbocycles. The van der Waals surface area contributed by atoms with E-state index in [9.17, 15) is 5.11 Å². The molecular formula is C17H23NOS. The summed E-state index contributed by atoms with van der Waals surface area (Å²) in [5, 5.41) is 12.3. The largest absolute Gasteiger partial charge is 0.388 e. The first-order chi connectivity index (χ1) is 9.66. The highest BCUT2D eigenvalue weighted by Crippen LogP contribution is 2.18. The standard InChI is InChI=1S/C17H23NOS/c1-14(13-16-9-6-12-20-16)18(2)11-10-17(19)15-7-4-3-5-8-15/h3-9,12,14,17,19H,10-11,13H2,1-2H3. The normalized spacial score (nSPS) is 14.4. The summed E-state index contributed by atoms with van der Waals surface area (Å²) in [6.07, 6.45) is 1.48. The highest BCUT2D eigenvalue weighted by molar-refractivity contribution is 7.09. The number of rotatable bonds is 7. The van der Waals surface area contributed by atoms with Crippen molar-refractivity contribution in [3.8, 4) is 0 Å². The molecule has 2 aromatic rings. The van der Waals surface area contributed by atoms with Crippen molar-refractivity contribution >= 4 is 11.3 Å². The quantitative estimate of drug-likeness (QED) is 0.839. The van der Waals surface area contributed by atoms with Gasteiger partial charge in [-0.3, -0.25) is 0 Å². The first-order valence-electron chi connectivity index (χ1n) is 7.12. The molecule has 2 unspecified atom stereocenters. The van der Waals surface area contributed by atoms with Crippen LogP contribution in [-0.2, 0) is 6.42 Å². The maximum atomic E-state index is 10.2. The lowest BCUT2D eigenvalue weighted by atomic mass is 10.1. The molecule has 1 heterocycles. The van der Waals surface area contributed by atoms with E-state index in [0.29, 0.717) is 6.04 Å². The molecule has 108 valence electrons. The lowest BCUT2D eigenvalue weighted by Gasteiger charge is -2.25. The van der Waals surface area contributed by atoms with Gasteiger partial charge in [0.2, 0.25) is 0 Å². The van der Waals surface area contributed by atoms with Gasteiger partial charge in [-0.15, -0.1) is 11.3 Å². The van der Waals surface area contributed by atoms with Gasteiger partial charge in [-0.1, -0.05) is 36.4 Å². The van der Waals surface area contributed by atoms with E-state index in [2.05, 4.69) is 36.4 Å². The Labute approximate surface area is 125 Å². The van der Waals surface area contributed by atoms with Crippen molar-refractivity contribution < 1.29 is 5.11 Å². The number of hydrogen-bond donors (Lipinski definition) is 1. The number of hydrogen-bond acceptors (Lipinski definition) is 3. The van der Waals surface area contributed by atoms with Crippen LogP contribution in [0.25, 0.3) is 0 Å². The zero-order valence-electron chi connectivity index (χ0n) is 12.2. The molecule has 0 radical (unpaired) electrons. The molecule has 2 atom stereocenters. The zero-order chi connectivity index (χ0) is 14.4. The lowest BCUT2D eigenvalue weighted by Crippen LogP contribution is -2.32. The average Bonchev–Trinajstić information content (AvgIpc) is 2.98. The molecule has 0 aliphatic rings. The molecule has 0 bridgehead atoms. The van der Waals surface area contributed by atoms with E-state index in [-0.39, 0.29) is 6.10 Å². The van der Waals surface area contributed by atoms with Gasteiger partial charge in [-0.25, -0.2) is 0 Å². The number of benzene rings is 1. The minimum absolute atomic E-state index is 0.368. The Hall–Kier alpha value is -1.16. The molecule has 0 aliphatic heterocycles. The van der Waals surface area contributed by atoms with Gasteiger partial charge in [0.25, 0.3) is 0 Å². The van der Waals surface area contributed by atoms with Gasteiger partial charge in [-0.2, -0.15) is 0 Å². The summed E-state index contributed by atoms with van der Waals surface area (Å²) < 4.78 is 0. The van der Waals surface area contributed by atoms with Gasteiger partial charge in [-0.05, 0) is 43.8 Å². The summed E-state index contributed by atoms with van der Waals surface area (Å²) in [5.41, 5.74) is 1.01. The van der Waals surface area contributed by atoms with E-state index >= 15 is 0 Å². The van der Waals surface area contributed by atoms with E-state index in [4.69, 9.17) is 0 Å². The number of likely N-dealkylation sites (N-methyl/N-ethyl adjacent to an activating group) is 1. The average molecular weight is 289 g/mol. The smallest absolute Gasteiger partial charge is 0.0802 e. The summed E-state index contributed by atoms with van der Waals surface area (Å²) >= 11 is 1.81. The SMILES string of the molecule is CC(Cc1cccs1)N(C)CCC(O)c1ccccc1. The van der Waals surface area contributed by atoms with E-state index in [0.717, 1.165) is 24.9 Å². The number of aliphatic hydroxyl groups excluding tert-OH is 1. The molecule has 1 N–H and O–H groups in total. The molecule has 0 saturated heterocycles. The third-order valence-electron chi connectivity index (χ3n) is 3.77. The Morgan fingerprint density at radius 3 is 2.55 bits per heavy atom. The van der Waals surface area contributed by atoms with Gasteiger partial charge in [0.05, 0.1) is 6.10 Å². The van der Waals surface area contributed by atoms with Gasteiger partial charge >= 0.3 is 0 Å². The second kappa shape index (κ2) is 7.58. The molecule has 2 rings (SSSR count). The van der Waals surface area contributed by atoms with Crippen molar-refractivity contribution in [3.63, 3.8) is 0 Å². The van der Waals surface area contributed by atoms with E-state index in [1.54, 1.807) is 0 Å². The van der Waals surface area contributed by atoms with Crippen LogP contribution in [-0.4, -0.2) is 29.6 Å². The van der Waals surface area contributed by atoms with Gasteiger partial charge < -0.3 is 10.0 Å². The third-order valence-corrected chi connectivity index (χ3v) is 4.67. The predicted octanol–water partition coefficient (Wildman–Crippen LogP) is 3.73. The Morgan fingerprint density at radius 2 is 1.90 bits per heavy atom. The predicted molar refractivity (Wildman–Crippen MR) is 86.1 cm³/mol. The van der Waals surface area contributed by atoms with Crippen molar-refractivity contribution in [3.05, 3.63) is 58.3 Å². The van der Waals surface area contributed by atoms with Crippen LogP contribution >= 0.6 is 11.3 Å². The van der Waals surface area contributed by atoms with E-state index < -0.39 is 0 Å². The maximum absolute atomic E-state index is 10.2. The van der Waals surface area contributed by atoms with Gasteiger partial charge in [0.15, 0.2) is 0 Å². The van der Waals surface area contributed by atoms with Crippen molar-refractivity contribution in [2.45, 2.75) is 31.9 Å². The minimum atomic E-state index is -0.368. The molecule has 0 aliphatic carbocycles. The minimum Gasteiger partial charge on any atom is -0.388 e. The number of aliphatic hydroxyl groups is 1. The number of nitrogens with zero attached hydrogens (tertiary/aromatic N) is 1. The molecule has 1 aromatic heterocycles. The topological polar surface area (TPSA) is 23.5 Å². The highest BCUT2D eigenvalue weighted by Gasteiger charge is 2.13. The molecule has 20 heavy (non-hydrogen) atoms. The zero-order valence-corrected chi connectivity index (χ0v) is 13.0. The van der Waals surface area contributed by atoms with Crippen LogP contribution in [0.1, 0.15) is 29.9 Å². The van der Waals surface area contributed by atoms with Crippen molar-refractivity contribution in [1.82, 2.24) is 4.90 Å². The van der Waals surface area contributed by atoms with Crippen LogP contribution < -0.4 is 0 Å². The van der Waals surface area contributed by atoms with Crippen LogP contribution in [0.2, 0.25) is 0 Å². The van der Waals surface area contributed by atoms with Crippen LogP contribution in [0.3, 0.4) is 0 Å². The molecule has 3 heteroatoms. The maximum Gasteiger partial charge on any atom is 0.0802 e. The second-order valence-electron chi connectivity index (χ2n) is 5.33. The van der Waals surface area contributed by atoms with Crippen LogP contribution in [0, 0.1) is 0 Å². The number of thiophene rings is 1. The summed E-state index contributed by atoms with van der Waals surface area (Å²) in [6.45, 7) is 3.15. The summed E-state index contributed by atoms with van der Waals surface area (Å²) in [5.74, 6) is 0. The fraction of sp³-hybridized carbons (Fsp3) is 0.412. The van der Waals surface area contributed by atoms with Gasteiger partial charge in [0, 0.05) is 17.5 Å². The third kappa shape index (κ3) is 4.44. The Kier molecular flexibility index (Phi) is 5.77. The van der Waals surface area contributed by atoms with Crippen LogP contribution in [0.5, 0.6) is 0 Å². The molecule has 0 saturated carbocycles. The summed E-state index contributed by atoms with van der Waals surface area (Å²) in [7, 11) is 2.13. The van der Waals surface area contributed by atoms with Crippen molar-refractivity contribution in [2.24, 2.45) is 0 Å². The summed E-state index contributed by atoms with van der Waals surface area (Å²) in [6, 6.07) is 14.7. The van der Waals surface area contributed by atoms with E-state index in [1.165, 1.54) is 4.88 Å². The molecule has 0 spiro atoms. The fourth-order valence-corrected chi connectivity index (χ4v) is 3.09. The van der Waals surface area contributed by atoms with Crippen LogP contribution in [0.15, 0.2) is 47.8 Å². The summed E-state index contributed by atoms with van der Waals surface area (Å²) in [4.78, 5) is 3.75. The molecule has 0 amide bonds. The first-order valence-corrected chi connectivity index (χ1v) is 8.00. The fourth-order valence-electron chi connectivity index (χ4n) is 2.26. The van der Waals surface area contributed by atoms with Crippen molar-refractivity contribution in [1.29, 1.82) is 0 Å². The monoisotopic (exact) mass is 289 g/mol. The second-order valence-corrected chi connectivity index (χ2v) is 6.36. The highest BCUT2D eigenvalue weighted by atomic mass is 32.1. The molecular weight excluding hydrogens is 266 g/mol. The van der Waals surface area contributed by atoms with Gasteiger partial charge in [0.1, 0.15) is 0 Å². The van der Waals surface area contributed by atoms with Crippen LogP contribution in [0.4, 0.5) is 0 Å².